The Morgan fingerprint density at radius 2 is 1.95 bits per heavy atom. The van der Waals surface area contributed by atoms with Gasteiger partial charge in [-0.25, -0.2) is 14.4 Å². The molecule has 0 radical (unpaired) electrons. The highest BCUT2D eigenvalue weighted by Crippen LogP contribution is 2.26. The smallest absolute Gasteiger partial charge is 0.162 e. The second-order valence-electron chi connectivity index (χ2n) is 4.32. The molecule has 100 valence electrons. The van der Waals surface area contributed by atoms with Crippen LogP contribution in [0.2, 0.25) is 5.02 Å². The summed E-state index contributed by atoms with van der Waals surface area (Å²) in [6.07, 6.45) is 0. The zero-order chi connectivity index (χ0) is 14.1. The van der Waals surface area contributed by atoms with E-state index in [2.05, 4.69) is 15.3 Å². The fraction of sp³-hybridized carbons (Fsp3) is 0.0667. The van der Waals surface area contributed by atoms with E-state index in [4.69, 9.17) is 11.6 Å². The molecule has 0 bridgehead atoms. The molecule has 0 unspecified atom stereocenters. The van der Waals surface area contributed by atoms with Gasteiger partial charge in [0.05, 0.1) is 5.52 Å². The maximum Gasteiger partial charge on any atom is 0.162 e. The molecule has 3 rings (SSSR count). The van der Waals surface area contributed by atoms with Gasteiger partial charge in [0.15, 0.2) is 5.82 Å². The Labute approximate surface area is 120 Å². The lowest BCUT2D eigenvalue weighted by atomic mass is 10.2. The Morgan fingerprint density at radius 3 is 2.70 bits per heavy atom. The molecule has 0 aliphatic rings. The Balaban J connectivity index is 2.26. The van der Waals surface area contributed by atoms with Crippen LogP contribution in [0.5, 0.6) is 0 Å². The molecule has 0 spiro atoms. The molecule has 5 heteroatoms. The molecule has 0 fully saturated rings. The van der Waals surface area contributed by atoms with Crippen LogP contribution in [0, 0.1) is 5.82 Å². The zero-order valence-corrected chi connectivity index (χ0v) is 11.4. The van der Waals surface area contributed by atoms with E-state index in [0.717, 1.165) is 10.9 Å². The van der Waals surface area contributed by atoms with Crippen molar-refractivity contribution in [1.82, 2.24) is 9.97 Å². The third-order valence-corrected chi connectivity index (χ3v) is 3.21. The van der Waals surface area contributed by atoms with Crippen LogP contribution >= 0.6 is 11.6 Å². The van der Waals surface area contributed by atoms with Gasteiger partial charge in [-0.2, -0.15) is 0 Å². The summed E-state index contributed by atoms with van der Waals surface area (Å²) < 4.78 is 13.4. The first-order valence-electron chi connectivity index (χ1n) is 6.08. The standard InChI is InChI=1S/C15H11ClFN3/c1-18-15-12-6-5-11(17)8-13(12)19-14(20-15)9-3-2-4-10(16)7-9/h2-8H,1H3,(H,18,19,20). The summed E-state index contributed by atoms with van der Waals surface area (Å²) >= 11 is 5.98. The number of aromatic nitrogens is 2. The van der Waals surface area contributed by atoms with Crippen molar-refractivity contribution in [1.29, 1.82) is 0 Å². The van der Waals surface area contributed by atoms with Gasteiger partial charge in [-0.3, -0.25) is 0 Å². The summed E-state index contributed by atoms with van der Waals surface area (Å²) in [5.74, 6) is 0.843. The molecule has 1 heterocycles. The third-order valence-electron chi connectivity index (χ3n) is 2.98. The van der Waals surface area contributed by atoms with E-state index in [1.165, 1.54) is 12.1 Å². The van der Waals surface area contributed by atoms with E-state index in [9.17, 15) is 4.39 Å². The Bertz CT molecular complexity index is 789. The van der Waals surface area contributed by atoms with Crippen LogP contribution in [0.3, 0.4) is 0 Å². The fourth-order valence-corrected chi connectivity index (χ4v) is 2.24. The van der Waals surface area contributed by atoms with Gasteiger partial charge in [0.2, 0.25) is 0 Å². The van der Waals surface area contributed by atoms with Gasteiger partial charge in [-0.1, -0.05) is 23.7 Å². The molecule has 0 aliphatic carbocycles. The number of nitrogens with zero attached hydrogens (tertiary/aromatic N) is 2. The normalized spacial score (nSPS) is 10.8. The lowest BCUT2D eigenvalue weighted by Gasteiger charge is -2.08. The Hall–Kier alpha value is -2.20. The van der Waals surface area contributed by atoms with E-state index in [0.29, 0.717) is 22.2 Å². The molecule has 1 N–H and O–H groups in total. The number of nitrogens with one attached hydrogen (secondary N) is 1. The zero-order valence-electron chi connectivity index (χ0n) is 10.7. The number of benzene rings is 2. The molecule has 0 saturated heterocycles. The molecular formula is C15H11ClFN3. The summed E-state index contributed by atoms with van der Waals surface area (Å²) in [5.41, 5.74) is 1.35. The highest BCUT2D eigenvalue weighted by molar-refractivity contribution is 6.30. The van der Waals surface area contributed by atoms with Crippen LogP contribution in [0.1, 0.15) is 0 Å². The van der Waals surface area contributed by atoms with Crippen molar-refractivity contribution >= 4 is 28.3 Å². The molecule has 0 atom stereocenters. The largest absolute Gasteiger partial charge is 0.373 e. The average molecular weight is 288 g/mol. The minimum absolute atomic E-state index is 0.324. The number of anilines is 1. The lowest BCUT2D eigenvalue weighted by molar-refractivity contribution is 0.629. The lowest BCUT2D eigenvalue weighted by Crippen LogP contribution is -1.99. The third kappa shape index (κ3) is 2.30. The summed E-state index contributed by atoms with van der Waals surface area (Å²) in [4.78, 5) is 8.86. The van der Waals surface area contributed by atoms with Gasteiger partial charge in [0, 0.05) is 29.1 Å². The maximum atomic E-state index is 13.4. The van der Waals surface area contributed by atoms with Crippen LogP contribution < -0.4 is 5.32 Å². The second kappa shape index (κ2) is 5.06. The summed E-state index contributed by atoms with van der Waals surface area (Å²) in [6, 6.07) is 11.7. The van der Waals surface area contributed by atoms with Gasteiger partial charge in [-0.05, 0) is 24.3 Å². The SMILES string of the molecule is CNc1nc(-c2cccc(Cl)c2)nc2cc(F)ccc12. The van der Waals surface area contributed by atoms with Gasteiger partial charge in [0.1, 0.15) is 11.6 Å². The maximum absolute atomic E-state index is 13.4. The predicted octanol–water partition coefficient (Wildman–Crippen LogP) is 4.13. The monoisotopic (exact) mass is 287 g/mol. The molecule has 3 aromatic rings. The van der Waals surface area contributed by atoms with Crippen molar-refractivity contribution in [3.8, 4) is 11.4 Å². The molecule has 0 saturated carbocycles. The summed E-state index contributed by atoms with van der Waals surface area (Å²) in [6.45, 7) is 0. The number of halogens is 2. The van der Waals surface area contributed by atoms with Crippen molar-refractivity contribution in [2.24, 2.45) is 0 Å². The quantitative estimate of drug-likeness (QED) is 0.770. The molecule has 0 amide bonds. The topological polar surface area (TPSA) is 37.8 Å². The highest BCUT2D eigenvalue weighted by Gasteiger charge is 2.09. The van der Waals surface area contributed by atoms with E-state index < -0.39 is 0 Å². The first kappa shape index (κ1) is 12.8. The van der Waals surface area contributed by atoms with Crippen LogP contribution in [0.25, 0.3) is 22.3 Å². The van der Waals surface area contributed by atoms with E-state index in [1.807, 2.05) is 12.1 Å². The highest BCUT2D eigenvalue weighted by atomic mass is 35.5. The first-order chi connectivity index (χ1) is 9.67. The summed E-state index contributed by atoms with van der Waals surface area (Å²) in [5, 5.41) is 4.39. The molecule has 2 aromatic carbocycles. The molecule has 1 aromatic heterocycles. The number of fused-ring (bicyclic) bond motifs is 1. The van der Waals surface area contributed by atoms with Gasteiger partial charge in [0.25, 0.3) is 0 Å². The minimum atomic E-state index is -0.324. The number of hydrogen-bond acceptors (Lipinski definition) is 3. The Morgan fingerprint density at radius 1 is 1.10 bits per heavy atom. The van der Waals surface area contributed by atoms with Crippen molar-refractivity contribution in [3.05, 3.63) is 53.3 Å². The van der Waals surface area contributed by atoms with Crippen molar-refractivity contribution in [2.75, 3.05) is 12.4 Å². The van der Waals surface area contributed by atoms with Crippen molar-refractivity contribution in [2.45, 2.75) is 0 Å². The molecule has 0 aliphatic heterocycles. The number of rotatable bonds is 2. The summed E-state index contributed by atoms with van der Waals surface area (Å²) in [7, 11) is 1.77. The molecule has 20 heavy (non-hydrogen) atoms. The van der Waals surface area contributed by atoms with Crippen molar-refractivity contribution < 1.29 is 4.39 Å². The van der Waals surface area contributed by atoms with E-state index >= 15 is 0 Å². The fourth-order valence-electron chi connectivity index (χ4n) is 2.05. The van der Waals surface area contributed by atoms with Gasteiger partial charge < -0.3 is 5.32 Å². The van der Waals surface area contributed by atoms with E-state index in [1.54, 1.807) is 25.2 Å². The minimum Gasteiger partial charge on any atom is -0.373 e. The van der Waals surface area contributed by atoms with Crippen LogP contribution in [-0.4, -0.2) is 17.0 Å². The Kier molecular flexibility index (Phi) is 3.24. The average Bonchev–Trinajstić information content (AvgIpc) is 2.45. The molecule has 3 nitrogen and oxygen atoms in total. The van der Waals surface area contributed by atoms with Crippen LogP contribution in [0.4, 0.5) is 10.2 Å². The van der Waals surface area contributed by atoms with Crippen LogP contribution in [0.15, 0.2) is 42.5 Å². The second-order valence-corrected chi connectivity index (χ2v) is 4.75. The predicted molar refractivity (Wildman–Crippen MR) is 79.5 cm³/mol. The molecular weight excluding hydrogens is 277 g/mol. The van der Waals surface area contributed by atoms with Gasteiger partial charge in [-0.15, -0.1) is 0 Å². The van der Waals surface area contributed by atoms with Crippen LogP contribution in [-0.2, 0) is 0 Å². The number of hydrogen-bond donors (Lipinski definition) is 1. The first-order valence-corrected chi connectivity index (χ1v) is 6.46. The van der Waals surface area contributed by atoms with E-state index in [-0.39, 0.29) is 5.82 Å². The van der Waals surface area contributed by atoms with Gasteiger partial charge >= 0.3 is 0 Å². The van der Waals surface area contributed by atoms with Crippen molar-refractivity contribution in [3.63, 3.8) is 0 Å².